The summed E-state index contributed by atoms with van der Waals surface area (Å²) in [7, 11) is 1.56. The molecule has 3 aromatic heterocycles. The minimum absolute atomic E-state index is 0.108. The summed E-state index contributed by atoms with van der Waals surface area (Å²) in [4.78, 5) is 18.0. The molecule has 0 fully saturated rings. The van der Waals surface area contributed by atoms with E-state index in [1.807, 2.05) is 42.1 Å². The number of halogens is 1. The van der Waals surface area contributed by atoms with Crippen LogP contribution in [0.1, 0.15) is 47.4 Å². The molecule has 0 saturated heterocycles. The third-order valence-electron chi connectivity index (χ3n) is 5.46. The van der Waals surface area contributed by atoms with Gasteiger partial charge in [-0.3, -0.25) is 4.57 Å². The Balaban J connectivity index is 1.40. The van der Waals surface area contributed by atoms with E-state index in [-0.39, 0.29) is 11.7 Å². The number of methoxy groups -OCH3 is 1. The molecule has 162 valence electrons. The van der Waals surface area contributed by atoms with Crippen molar-refractivity contribution in [3.8, 4) is 11.7 Å². The number of hydrogen-bond donors (Lipinski definition) is 0. The molecule has 1 aromatic carbocycles. The van der Waals surface area contributed by atoms with Crippen molar-refractivity contribution in [3.05, 3.63) is 77.4 Å². The standard InChI is InChI=1S/C23H22FN7O/c1-15-13-30(14-26-15)22-23(32-2)27-18(12-25-22)9-10-20-28-21-19(4-3-11-31(21)29-20)16-5-7-17(24)8-6-16/h5-10,12-14,19H,3-4,11H2,1-2H3/b10-9+/t19-/m0/s1. The third kappa shape index (κ3) is 3.89. The average molecular weight is 431 g/mol. The number of rotatable bonds is 5. The summed E-state index contributed by atoms with van der Waals surface area (Å²) in [6.07, 6.45) is 10.8. The highest BCUT2D eigenvalue weighted by Gasteiger charge is 2.25. The van der Waals surface area contributed by atoms with Crippen LogP contribution in [0.5, 0.6) is 5.88 Å². The van der Waals surface area contributed by atoms with E-state index in [0.717, 1.165) is 36.5 Å². The maximum atomic E-state index is 13.3. The first-order chi connectivity index (χ1) is 15.6. The number of aromatic nitrogens is 7. The van der Waals surface area contributed by atoms with Gasteiger partial charge in [0.1, 0.15) is 18.0 Å². The number of fused-ring (bicyclic) bond motifs is 1. The number of imidazole rings is 1. The largest absolute Gasteiger partial charge is 0.478 e. The van der Waals surface area contributed by atoms with E-state index in [0.29, 0.717) is 23.2 Å². The van der Waals surface area contributed by atoms with Gasteiger partial charge in [-0.15, -0.1) is 0 Å². The normalized spacial score (nSPS) is 15.8. The Morgan fingerprint density at radius 1 is 1.12 bits per heavy atom. The van der Waals surface area contributed by atoms with Crippen LogP contribution in [0.3, 0.4) is 0 Å². The van der Waals surface area contributed by atoms with Crippen LogP contribution in [0.25, 0.3) is 18.0 Å². The van der Waals surface area contributed by atoms with E-state index in [9.17, 15) is 4.39 Å². The van der Waals surface area contributed by atoms with E-state index in [2.05, 4.69) is 20.1 Å². The Labute approximate surface area is 184 Å². The molecule has 0 aliphatic carbocycles. The Bertz CT molecular complexity index is 1280. The van der Waals surface area contributed by atoms with Crippen LogP contribution < -0.4 is 4.74 Å². The summed E-state index contributed by atoms with van der Waals surface area (Å²) in [5.41, 5.74) is 2.56. The molecule has 4 aromatic rings. The van der Waals surface area contributed by atoms with E-state index in [4.69, 9.17) is 9.72 Å². The first-order valence-electron chi connectivity index (χ1n) is 10.4. The molecule has 5 rings (SSSR count). The van der Waals surface area contributed by atoms with Gasteiger partial charge in [0, 0.05) is 18.7 Å². The van der Waals surface area contributed by atoms with Crippen molar-refractivity contribution in [1.82, 2.24) is 34.3 Å². The highest BCUT2D eigenvalue weighted by molar-refractivity contribution is 5.64. The predicted molar refractivity (Wildman–Crippen MR) is 117 cm³/mol. The monoisotopic (exact) mass is 431 g/mol. The molecule has 0 amide bonds. The second kappa shape index (κ2) is 8.33. The van der Waals surface area contributed by atoms with Gasteiger partial charge in [-0.1, -0.05) is 12.1 Å². The molecule has 0 unspecified atom stereocenters. The van der Waals surface area contributed by atoms with Gasteiger partial charge in [0.25, 0.3) is 5.88 Å². The molecule has 0 radical (unpaired) electrons. The number of ether oxygens (including phenoxy) is 1. The van der Waals surface area contributed by atoms with E-state index in [1.54, 1.807) is 24.2 Å². The zero-order valence-corrected chi connectivity index (χ0v) is 17.8. The number of aryl methyl sites for hydroxylation is 2. The molecule has 1 aliphatic heterocycles. The van der Waals surface area contributed by atoms with Crippen LogP contribution in [-0.2, 0) is 6.54 Å². The van der Waals surface area contributed by atoms with Crippen molar-refractivity contribution in [3.63, 3.8) is 0 Å². The maximum Gasteiger partial charge on any atom is 0.258 e. The lowest BCUT2D eigenvalue weighted by Crippen LogP contribution is -2.17. The zero-order valence-electron chi connectivity index (χ0n) is 17.8. The van der Waals surface area contributed by atoms with Gasteiger partial charge >= 0.3 is 0 Å². The molecule has 9 heteroatoms. The summed E-state index contributed by atoms with van der Waals surface area (Å²) >= 11 is 0. The van der Waals surface area contributed by atoms with Crippen LogP contribution in [0, 0.1) is 12.7 Å². The van der Waals surface area contributed by atoms with Crippen molar-refractivity contribution in [1.29, 1.82) is 0 Å². The number of hydrogen-bond acceptors (Lipinski definition) is 6. The Hall–Kier alpha value is -3.88. The fraction of sp³-hybridized carbons (Fsp3) is 0.261. The summed E-state index contributed by atoms with van der Waals surface area (Å²) < 4.78 is 22.5. The third-order valence-corrected chi connectivity index (χ3v) is 5.46. The number of benzene rings is 1. The Morgan fingerprint density at radius 2 is 1.97 bits per heavy atom. The van der Waals surface area contributed by atoms with E-state index < -0.39 is 0 Å². The molecule has 8 nitrogen and oxygen atoms in total. The van der Waals surface area contributed by atoms with Crippen LogP contribution >= 0.6 is 0 Å². The lowest BCUT2D eigenvalue weighted by molar-refractivity contribution is 0.393. The van der Waals surface area contributed by atoms with Crippen molar-refractivity contribution in [2.75, 3.05) is 7.11 Å². The zero-order chi connectivity index (χ0) is 22.1. The van der Waals surface area contributed by atoms with Gasteiger partial charge < -0.3 is 4.74 Å². The fourth-order valence-corrected chi connectivity index (χ4v) is 3.92. The van der Waals surface area contributed by atoms with Crippen molar-refractivity contribution >= 4 is 12.2 Å². The highest BCUT2D eigenvalue weighted by Crippen LogP contribution is 2.32. The Kier molecular flexibility index (Phi) is 5.22. The van der Waals surface area contributed by atoms with Crippen LogP contribution in [0.2, 0.25) is 0 Å². The quantitative estimate of drug-likeness (QED) is 0.478. The SMILES string of the molecule is COc1nc(/C=C/c2nc3n(n2)CCC[C@H]3c2ccc(F)cc2)cnc1-n1cnc(C)c1. The van der Waals surface area contributed by atoms with Gasteiger partial charge in [0.15, 0.2) is 5.82 Å². The first-order valence-corrected chi connectivity index (χ1v) is 10.4. The van der Waals surface area contributed by atoms with Gasteiger partial charge in [-0.05, 0) is 49.6 Å². The molecule has 32 heavy (non-hydrogen) atoms. The van der Waals surface area contributed by atoms with Crippen LogP contribution in [0.4, 0.5) is 4.39 Å². The van der Waals surface area contributed by atoms with Crippen LogP contribution in [0.15, 0.2) is 43.0 Å². The van der Waals surface area contributed by atoms with Crippen LogP contribution in [-0.4, -0.2) is 41.4 Å². The van der Waals surface area contributed by atoms with Gasteiger partial charge in [0.05, 0.1) is 24.7 Å². The molecule has 1 atom stereocenters. The summed E-state index contributed by atoms with van der Waals surface area (Å²) in [6, 6.07) is 6.63. The predicted octanol–water partition coefficient (Wildman–Crippen LogP) is 3.81. The second-order valence-corrected chi connectivity index (χ2v) is 7.68. The molecule has 0 saturated carbocycles. The van der Waals surface area contributed by atoms with Gasteiger partial charge in [-0.25, -0.2) is 29.0 Å². The molecular weight excluding hydrogens is 409 g/mol. The fourth-order valence-electron chi connectivity index (χ4n) is 3.92. The Morgan fingerprint density at radius 3 is 2.72 bits per heavy atom. The van der Waals surface area contributed by atoms with E-state index in [1.165, 1.54) is 12.1 Å². The van der Waals surface area contributed by atoms with Gasteiger partial charge in [-0.2, -0.15) is 5.10 Å². The topological polar surface area (TPSA) is 83.5 Å². The summed E-state index contributed by atoms with van der Waals surface area (Å²) in [6.45, 7) is 2.73. The van der Waals surface area contributed by atoms with Crippen molar-refractivity contribution in [2.24, 2.45) is 0 Å². The smallest absolute Gasteiger partial charge is 0.258 e. The minimum Gasteiger partial charge on any atom is -0.478 e. The molecular formula is C23H22FN7O. The lowest BCUT2D eigenvalue weighted by atomic mass is 9.91. The first kappa shape index (κ1) is 20.0. The average Bonchev–Trinajstić information content (AvgIpc) is 3.43. The molecule has 4 heterocycles. The summed E-state index contributed by atoms with van der Waals surface area (Å²) in [5.74, 6) is 2.35. The maximum absolute atomic E-state index is 13.3. The lowest BCUT2D eigenvalue weighted by Gasteiger charge is -2.22. The highest BCUT2D eigenvalue weighted by atomic mass is 19.1. The molecule has 0 bridgehead atoms. The molecule has 0 spiro atoms. The number of nitrogens with zero attached hydrogens (tertiary/aromatic N) is 7. The minimum atomic E-state index is -0.236. The second-order valence-electron chi connectivity index (χ2n) is 7.68. The van der Waals surface area contributed by atoms with Crippen molar-refractivity contribution in [2.45, 2.75) is 32.2 Å². The molecule has 1 aliphatic rings. The summed E-state index contributed by atoms with van der Waals surface area (Å²) in [5, 5.41) is 4.62. The van der Waals surface area contributed by atoms with Crippen molar-refractivity contribution < 1.29 is 9.13 Å². The van der Waals surface area contributed by atoms with Gasteiger partial charge in [0.2, 0.25) is 5.82 Å². The van der Waals surface area contributed by atoms with E-state index >= 15 is 0 Å². The molecule has 0 N–H and O–H groups in total.